The third kappa shape index (κ3) is 5.70. The second kappa shape index (κ2) is 10.1. The summed E-state index contributed by atoms with van der Waals surface area (Å²) in [5.41, 5.74) is 1.96. The summed E-state index contributed by atoms with van der Waals surface area (Å²) in [7, 11) is 2.88. The van der Waals surface area contributed by atoms with Crippen molar-refractivity contribution in [1.82, 2.24) is 4.98 Å². The number of hydrogen-bond donors (Lipinski definition) is 0. The fourth-order valence-electron chi connectivity index (χ4n) is 3.14. The molecule has 0 saturated heterocycles. The zero-order valence-corrected chi connectivity index (χ0v) is 17.5. The van der Waals surface area contributed by atoms with Gasteiger partial charge in [0.25, 0.3) is 0 Å². The average molecular weight is 428 g/mol. The van der Waals surface area contributed by atoms with Gasteiger partial charge in [0.1, 0.15) is 17.8 Å². The van der Waals surface area contributed by atoms with Gasteiger partial charge in [-0.15, -0.1) is 0 Å². The van der Waals surface area contributed by atoms with Crippen LogP contribution in [0.5, 0.6) is 5.75 Å². The number of hydrogen-bond acceptors (Lipinski definition) is 6. The number of carbonyl (C=O) groups excluding carboxylic acids is 2. The highest BCUT2D eigenvalue weighted by Gasteiger charge is 2.24. The lowest BCUT2D eigenvalue weighted by molar-refractivity contribution is -0.118. The molecule has 0 aliphatic carbocycles. The first kappa shape index (κ1) is 21.6. The molecule has 0 saturated carbocycles. The zero-order chi connectivity index (χ0) is 21.5. The number of Topliss-reactive ketones (excluding diaryl/α,β-unsaturated/α-hetero) is 1. The summed E-state index contributed by atoms with van der Waals surface area (Å²) in [6.07, 6.45) is 2.28. The van der Waals surface area contributed by atoms with E-state index in [1.165, 1.54) is 13.4 Å². The van der Waals surface area contributed by atoms with Crippen LogP contribution >= 0.6 is 11.6 Å². The fourth-order valence-corrected chi connectivity index (χ4v) is 3.27. The van der Waals surface area contributed by atoms with Crippen molar-refractivity contribution in [3.63, 3.8) is 0 Å². The van der Waals surface area contributed by atoms with Crippen LogP contribution in [-0.4, -0.2) is 31.0 Å². The highest BCUT2D eigenvalue weighted by Crippen LogP contribution is 2.26. The van der Waals surface area contributed by atoms with Gasteiger partial charge in [0, 0.05) is 23.8 Å². The third-order valence-electron chi connectivity index (χ3n) is 4.70. The maximum atomic E-state index is 12.8. The van der Waals surface area contributed by atoms with Crippen LogP contribution in [0.2, 0.25) is 5.02 Å². The molecule has 156 valence electrons. The Bertz CT molecular complexity index is 995. The maximum Gasteiger partial charge on any atom is 0.360 e. The lowest BCUT2D eigenvalue weighted by Gasteiger charge is -2.13. The van der Waals surface area contributed by atoms with Crippen molar-refractivity contribution < 1.29 is 23.5 Å². The summed E-state index contributed by atoms with van der Waals surface area (Å²) in [6.45, 7) is 0. The molecule has 0 amide bonds. The molecule has 0 radical (unpaired) electrons. The quantitative estimate of drug-likeness (QED) is 0.462. The van der Waals surface area contributed by atoms with Gasteiger partial charge >= 0.3 is 5.97 Å². The number of ether oxygens (including phenoxy) is 2. The van der Waals surface area contributed by atoms with Gasteiger partial charge in [0.2, 0.25) is 0 Å². The summed E-state index contributed by atoms with van der Waals surface area (Å²) >= 11 is 5.91. The van der Waals surface area contributed by atoms with E-state index in [2.05, 4.69) is 9.72 Å². The highest BCUT2D eigenvalue weighted by atomic mass is 35.5. The van der Waals surface area contributed by atoms with Crippen LogP contribution in [0.4, 0.5) is 0 Å². The van der Waals surface area contributed by atoms with Crippen molar-refractivity contribution >= 4 is 23.4 Å². The van der Waals surface area contributed by atoms with Crippen molar-refractivity contribution in [2.75, 3.05) is 14.2 Å². The highest BCUT2D eigenvalue weighted by molar-refractivity contribution is 6.30. The predicted octanol–water partition coefficient (Wildman–Crippen LogP) is 4.65. The number of methoxy groups -OCH3 is 2. The van der Waals surface area contributed by atoms with Crippen LogP contribution in [0.3, 0.4) is 0 Å². The van der Waals surface area contributed by atoms with Crippen molar-refractivity contribution in [2.45, 2.75) is 25.2 Å². The van der Waals surface area contributed by atoms with Gasteiger partial charge in [-0.25, -0.2) is 9.78 Å². The lowest BCUT2D eigenvalue weighted by atomic mass is 9.92. The van der Waals surface area contributed by atoms with Crippen molar-refractivity contribution in [1.29, 1.82) is 0 Å². The summed E-state index contributed by atoms with van der Waals surface area (Å²) in [5, 5.41) is 0.624. The minimum absolute atomic E-state index is 0.0358. The number of halogens is 1. The van der Waals surface area contributed by atoms with Gasteiger partial charge in [0.05, 0.1) is 14.2 Å². The number of rotatable bonds is 9. The van der Waals surface area contributed by atoms with Crippen molar-refractivity contribution in [2.24, 2.45) is 0 Å². The number of aromatic nitrogens is 1. The molecule has 3 rings (SSSR count). The molecule has 0 bridgehead atoms. The smallest absolute Gasteiger partial charge is 0.360 e. The first-order valence-corrected chi connectivity index (χ1v) is 9.79. The Balaban J connectivity index is 1.78. The molecule has 1 heterocycles. The van der Waals surface area contributed by atoms with Gasteiger partial charge in [-0.2, -0.15) is 0 Å². The van der Waals surface area contributed by atoms with E-state index in [9.17, 15) is 9.59 Å². The Labute approximate surface area is 179 Å². The molecular formula is C23H22ClNO5. The Hall–Kier alpha value is -3.12. The van der Waals surface area contributed by atoms with Gasteiger partial charge in [-0.1, -0.05) is 35.9 Å². The van der Waals surface area contributed by atoms with Crippen LogP contribution in [-0.2, 0) is 22.4 Å². The molecule has 2 aromatic carbocycles. The largest absolute Gasteiger partial charge is 0.497 e. The molecule has 0 aliphatic rings. The summed E-state index contributed by atoms with van der Waals surface area (Å²) in [4.78, 5) is 28.7. The molecule has 1 atom stereocenters. The van der Waals surface area contributed by atoms with Gasteiger partial charge < -0.3 is 13.9 Å². The number of nitrogens with zero attached hydrogens (tertiary/aromatic N) is 1. The second-order valence-electron chi connectivity index (χ2n) is 6.86. The van der Waals surface area contributed by atoms with Gasteiger partial charge in [-0.05, 0) is 41.8 Å². The third-order valence-corrected chi connectivity index (χ3v) is 4.95. The average Bonchev–Trinajstić information content (AvgIpc) is 3.25. The van der Waals surface area contributed by atoms with E-state index in [1.54, 1.807) is 19.2 Å². The van der Waals surface area contributed by atoms with E-state index in [0.29, 0.717) is 17.3 Å². The van der Waals surface area contributed by atoms with Crippen LogP contribution in [0, 0.1) is 0 Å². The van der Waals surface area contributed by atoms with Crippen LogP contribution in [0.15, 0.2) is 59.2 Å². The Kier molecular flexibility index (Phi) is 7.25. The molecule has 0 aliphatic heterocycles. The molecule has 1 aromatic heterocycles. The summed E-state index contributed by atoms with van der Waals surface area (Å²) in [6, 6.07) is 14.8. The van der Waals surface area contributed by atoms with Gasteiger partial charge in [-0.3, -0.25) is 4.79 Å². The molecule has 30 heavy (non-hydrogen) atoms. The molecule has 0 spiro atoms. The van der Waals surface area contributed by atoms with Crippen LogP contribution in [0.25, 0.3) is 0 Å². The van der Waals surface area contributed by atoms with E-state index in [1.807, 2.05) is 36.4 Å². The molecular weight excluding hydrogens is 406 g/mol. The number of benzene rings is 2. The Morgan fingerprint density at radius 2 is 1.70 bits per heavy atom. The molecule has 0 N–H and O–H groups in total. The topological polar surface area (TPSA) is 78.6 Å². The molecule has 3 aromatic rings. The van der Waals surface area contributed by atoms with Crippen LogP contribution in [0.1, 0.15) is 39.8 Å². The Morgan fingerprint density at radius 3 is 2.33 bits per heavy atom. The minimum Gasteiger partial charge on any atom is -0.497 e. The molecule has 1 unspecified atom stereocenters. The first-order valence-electron chi connectivity index (χ1n) is 9.41. The van der Waals surface area contributed by atoms with Crippen molar-refractivity contribution in [3.05, 3.63) is 82.5 Å². The molecule has 0 fully saturated rings. The Morgan fingerprint density at radius 1 is 1.03 bits per heavy atom. The summed E-state index contributed by atoms with van der Waals surface area (Å²) < 4.78 is 15.4. The van der Waals surface area contributed by atoms with Crippen molar-refractivity contribution in [3.8, 4) is 5.75 Å². The molecule has 7 heteroatoms. The SMILES string of the molecule is COC(=O)c1coc(C(CC(=O)Cc2ccc(Cl)cc2)Cc2ccc(OC)cc2)n1. The number of oxazole rings is 1. The van der Waals surface area contributed by atoms with E-state index in [0.717, 1.165) is 16.9 Å². The summed E-state index contributed by atoms with van der Waals surface area (Å²) in [5.74, 6) is 0.208. The standard InChI is InChI=1S/C23H22ClNO5/c1-28-20-9-5-15(6-10-20)11-17(22-25-21(14-30-22)23(27)29-2)13-19(26)12-16-3-7-18(24)8-4-16/h3-10,14,17H,11-13H2,1-2H3. The first-order chi connectivity index (χ1) is 14.5. The predicted molar refractivity (Wildman–Crippen MR) is 112 cm³/mol. The minimum atomic E-state index is -0.583. The normalized spacial score (nSPS) is 11.7. The maximum absolute atomic E-state index is 12.8. The lowest BCUT2D eigenvalue weighted by Crippen LogP contribution is -2.13. The number of ketones is 1. The van der Waals surface area contributed by atoms with Crippen LogP contribution < -0.4 is 4.74 Å². The monoisotopic (exact) mass is 427 g/mol. The second-order valence-corrected chi connectivity index (χ2v) is 7.29. The molecule has 6 nitrogen and oxygen atoms in total. The van der Waals surface area contributed by atoms with Gasteiger partial charge in [0.15, 0.2) is 11.6 Å². The number of esters is 1. The van der Waals surface area contributed by atoms with E-state index in [-0.39, 0.29) is 30.2 Å². The van der Waals surface area contributed by atoms with E-state index >= 15 is 0 Å². The van der Waals surface area contributed by atoms with E-state index < -0.39 is 5.97 Å². The fraction of sp³-hybridized carbons (Fsp3) is 0.261. The zero-order valence-electron chi connectivity index (χ0n) is 16.8. The van der Waals surface area contributed by atoms with E-state index in [4.69, 9.17) is 20.8 Å². The number of carbonyl (C=O) groups is 2.